The maximum absolute atomic E-state index is 12.2. The Morgan fingerprint density at radius 3 is 1.18 bits per heavy atom. The highest BCUT2D eigenvalue weighted by Gasteiger charge is 2.10. The van der Waals surface area contributed by atoms with Gasteiger partial charge in [0.2, 0.25) is 11.8 Å². The van der Waals surface area contributed by atoms with Crippen LogP contribution in [-0.4, -0.2) is 11.8 Å². The summed E-state index contributed by atoms with van der Waals surface area (Å²) >= 11 is 0. The molecule has 0 aromatic heterocycles. The molecule has 4 nitrogen and oxygen atoms in total. The van der Waals surface area contributed by atoms with Crippen LogP contribution in [0.3, 0.4) is 0 Å². The molecule has 0 radical (unpaired) electrons. The van der Waals surface area contributed by atoms with Crippen molar-refractivity contribution in [1.82, 2.24) is 0 Å². The van der Waals surface area contributed by atoms with Crippen LogP contribution >= 0.6 is 0 Å². The fraction of sp³-hybridized carbons (Fsp3) is 0.417. The predicted molar refractivity (Wildman–Crippen MR) is 117 cm³/mol. The van der Waals surface area contributed by atoms with Crippen LogP contribution in [0.1, 0.15) is 59.1 Å². The van der Waals surface area contributed by atoms with Gasteiger partial charge in [-0.15, -0.1) is 0 Å². The van der Waals surface area contributed by atoms with E-state index < -0.39 is 0 Å². The number of hydrogen-bond acceptors (Lipinski definition) is 2. The monoisotopic (exact) mass is 380 g/mol. The molecule has 0 saturated heterocycles. The Hall–Kier alpha value is -2.62. The third-order valence-corrected chi connectivity index (χ3v) is 4.94. The van der Waals surface area contributed by atoms with Crippen LogP contribution < -0.4 is 10.6 Å². The SMILES string of the molecule is Cc1cc(C)c(NC(=O)CCCCC(=O)Nc2c(C)cc(C)cc2C)c(C)c1. The maximum atomic E-state index is 12.2. The molecule has 2 rings (SSSR count). The van der Waals surface area contributed by atoms with Gasteiger partial charge >= 0.3 is 0 Å². The van der Waals surface area contributed by atoms with Gasteiger partial charge in [0.25, 0.3) is 0 Å². The molecule has 0 spiro atoms. The van der Waals surface area contributed by atoms with Gasteiger partial charge in [-0.2, -0.15) is 0 Å². The summed E-state index contributed by atoms with van der Waals surface area (Å²) in [7, 11) is 0. The molecule has 0 aliphatic heterocycles. The second kappa shape index (κ2) is 9.54. The summed E-state index contributed by atoms with van der Waals surface area (Å²) in [5.74, 6) is 0.00127. The first-order valence-corrected chi connectivity index (χ1v) is 9.92. The van der Waals surface area contributed by atoms with Crippen LogP contribution in [0.2, 0.25) is 0 Å². The Bertz CT molecular complexity index is 765. The molecule has 0 heterocycles. The lowest BCUT2D eigenvalue weighted by Crippen LogP contribution is -2.15. The van der Waals surface area contributed by atoms with Gasteiger partial charge in [-0.1, -0.05) is 35.4 Å². The van der Waals surface area contributed by atoms with E-state index in [9.17, 15) is 9.59 Å². The number of aryl methyl sites for hydroxylation is 6. The zero-order valence-corrected chi connectivity index (χ0v) is 18.0. The average molecular weight is 381 g/mol. The molecule has 0 unspecified atom stereocenters. The van der Waals surface area contributed by atoms with Crippen molar-refractivity contribution in [1.29, 1.82) is 0 Å². The molecular formula is C24H32N2O2. The molecule has 2 aromatic rings. The molecule has 0 bridgehead atoms. The van der Waals surface area contributed by atoms with Crippen molar-refractivity contribution in [3.05, 3.63) is 57.6 Å². The van der Waals surface area contributed by atoms with E-state index in [1.54, 1.807) is 0 Å². The average Bonchev–Trinajstić information content (AvgIpc) is 2.58. The number of carbonyl (C=O) groups is 2. The summed E-state index contributed by atoms with van der Waals surface area (Å²) in [4.78, 5) is 24.5. The first kappa shape index (κ1) is 21.7. The highest BCUT2D eigenvalue weighted by Crippen LogP contribution is 2.23. The summed E-state index contributed by atoms with van der Waals surface area (Å²) in [6.45, 7) is 12.1. The number of nitrogens with one attached hydrogen (secondary N) is 2. The minimum atomic E-state index is 0.000634. The highest BCUT2D eigenvalue weighted by molar-refractivity contribution is 5.93. The fourth-order valence-corrected chi connectivity index (χ4v) is 3.73. The summed E-state index contributed by atoms with van der Waals surface area (Å²) in [6, 6.07) is 8.29. The van der Waals surface area contributed by atoms with Crippen molar-refractivity contribution < 1.29 is 9.59 Å². The van der Waals surface area contributed by atoms with Crippen molar-refractivity contribution in [3.63, 3.8) is 0 Å². The lowest BCUT2D eigenvalue weighted by Gasteiger charge is -2.13. The maximum Gasteiger partial charge on any atom is 0.224 e. The van der Waals surface area contributed by atoms with E-state index in [2.05, 4.69) is 48.7 Å². The van der Waals surface area contributed by atoms with Gasteiger partial charge in [0, 0.05) is 24.2 Å². The van der Waals surface area contributed by atoms with Gasteiger partial charge in [0.05, 0.1) is 0 Å². The van der Waals surface area contributed by atoms with Gasteiger partial charge in [0.15, 0.2) is 0 Å². The Balaban J connectivity index is 1.78. The second-order valence-electron chi connectivity index (χ2n) is 7.85. The first-order valence-electron chi connectivity index (χ1n) is 9.92. The topological polar surface area (TPSA) is 58.2 Å². The molecule has 0 atom stereocenters. The van der Waals surface area contributed by atoms with Crippen molar-refractivity contribution in [2.45, 2.75) is 67.2 Å². The molecule has 2 aromatic carbocycles. The normalized spacial score (nSPS) is 10.6. The van der Waals surface area contributed by atoms with Gasteiger partial charge in [-0.3, -0.25) is 9.59 Å². The van der Waals surface area contributed by atoms with E-state index in [0.717, 1.165) is 33.6 Å². The van der Waals surface area contributed by atoms with Crippen molar-refractivity contribution in [2.24, 2.45) is 0 Å². The molecule has 2 N–H and O–H groups in total. The Kier molecular flexibility index (Phi) is 7.38. The zero-order valence-electron chi connectivity index (χ0n) is 18.0. The smallest absolute Gasteiger partial charge is 0.224 e. The molecule has 0 saturated carbocycles. The number of amides is 2. The third kappa shape index (κ3) is 5.95. The Labute approximate surface area is 168 Å². The third-order valence-electron chi connectivity index (χ3n) is 4.94. The number of anilines is 2. The van der Waals surface area contributed by atoms with Crippen molar-refractivity contribution in [3.8, 4) is 0 Å². The number of hydrogen-bond donors (Lipinski definition) is 2. The van der Waals surface area contributed by atoms with Crippen molar-refractivity contribution >= 4 is 23.2 Å². The molecule has 4 heteroatoms. The molecule has 0 aliphatic rings. The van der Waals surface area contributed by atoms with Gasteiger partial charge in [-0.25, -0.2) is 0 Å². The number of unbranched alkanes of at least 4 members (excludes halogenated alkanes) is 1. The number of benzene rings is 2. The summed E-state index contributed by atoms with van der Waals surface area (Å²) < 4.78 is 0. The molecule has 28 heavy (non-hydrogen) atoms. The van der Waals surface area contributed by atoms with Gasteiger partial charge in [0.1, 0.15) is 0 Å². The molecule has 150 valence electrons. The van der Waals surface area contributed by atoms with Crippen LogP contribution in [0, 0.1) is 41.5 Å². The van der Waals surface area contributed by atoms with E-state index in [1.807, 2.05) is 27.7 Å². The summed E-state index contributed by atoms with van der Waals surface area (Å²) in [6.07, 6.45) is 2.22. The van der Waals surface area contributed by atoms with Crippen LogP contribution in [0.4, 0.5) is 11.4 Å². The largest absolute Gasteiger partial charge is 0.326 e. The predicted octanol–water partition coefficient (Wildman–Crippen LogP) is 5.67. The minimum absolute atomic E-state index is 0.000634. The van der Waals surface area contributed by atoms with Crippen LogP contribution in [0.25, 0.3) is 0 Å². The molecule has 2 amide bonds. The van der Waals surface area contributed by atoms with E-state index in [4.69, 9.17) is 0 Å². The summed E-state index contributed by atoms with van der Waals surface area (Å²) in [5.41, 5.74) is 8.50. The quantitative estimate of drug-likeness (QED) is 0.608. The lowest BCUT2D eigenvalue weighted by molar-refractivity contribution is -0.118. The van der Waals surface area contributed by atoms with E-state index in [0.29, 0.717) is 25.7 Å². The Morgan fingerprint density at radius 1 is 0.607 bits per heavy atom. The molecule has 0 fully saturated rings. The van der Waals surface area contributed by atoms with Gasteiger partial charge in [-0.05, 0) is 76.6 Å². The van der Waals surface area contributed by atoms with Crippen LogP contribution in [-0.2, 0) is 9.59 Å². The fourth-order valence-electron chi connectivity index (χ4n) is 3.73. The van der Waals surface area contributed by atoms with E-state index in [1.165, 1.54) is 11.1 Å². The Morgan fingerprint density at radius 2 is 0.893 bits per heavy atom. The lowest BCUT2D eigenvalue weighted by atomic mass is 10.0. The number of rotatable bonds is 7. The van der Waals surface area contributed by atoms with Crippen LogP contribution in [0.15, 0.2) is 24.3 Å². The number of carbonyl (C=O) groups excluding carboxylic acids is 2. The standard InChI is InChI=1S/C24H32N2O2/c1-15-11-17(3)23(18(4)12-15)25-21(27)9-7-8-10-22(28)26-24-19(5)13-16(2)14-20(24)6/h11-14H,7-10H2,1-6H3,(H,25,27)(H,26,28). The highest BCUT2D eigenvalue weighted by atomic mass is 16.2. The zero-order chi connectivity index (χ0) is 20.8. The molecular weight excluding hydrogens is 348 g/mol. The van der Waals surface area contributed by atoms with Crippen LogP contribution in [0.5, 0.6) is 0 Å². The van der Waals surface area contributed by atoms with Gasteiger partial charge < -0.3 is 10.6 Å². The van der Waals surface area contributed by atoms with E-state index in [-0.39, 0.29) is 11.8 Å². The second-order valence-corrected chi connectivity index (χ2v) is 7.85. The minimum Gasteiger partial charge on any atom is -0.326 e. The summed E-state index contributed by atoms with van der Waals surface area (Å²) in [5, 5.41) is 6.03. The molecule has 0 aliphatic carbocycles. The first-order chi connectivity index (χ1) is 13.2. The van der Waals surface area contributed by atoms with Crippen molar-refractivity contribution in [2.75, 3.05) is 10.6 Å². The van der Waals surface area contributed by atoms with E-state index >= 15 is 0 Å².